The van der Waals surface area contributed by atoms with Crippen LogP contribution in [0, 0.1) is 17.0 Å². The SMILES string of the molecule is CN=C(N)C=C(N)N1CCC2(CC1)CN(c1cc(F)c(CN3CCC(C)(C)CC3)cc1F)CC(=O)N2. The van der Waals surface area contributed by atoms with Gasteiger partial charge in [-0.3, -0.25) is 14.7 Å². The summed E-state index contributed by atoms with van der Waals surface area (Å²) in [7, 11) is 1.60. The van der Waals surface area contributed by atoms with Crippen molar-refractivity contribution in [1.82, 2.24) is 15.1 Å². The maximum atomic E-state index is 15.3. The van der Waals surface area contributed by atoms with Gasteiger partial charge < -0.3 is 26.6 Å². The topological polar surface area (TPSA) is 103 Å². The average molecular weight is 504 g/mol. The number of amides is 1. The number of hydrogen-bond acceptors (Lipinski definition) is 6. The highest BCUT2D eigenvalue weighted by Crippen LogP contribution is 2.33. The number of benzene rings is 1. The lowest BCUT2D eigenvalue weighted by atomic mass is 9.82. The fourth-order valence-electron chi connectivity index (χ4n) is 5.42. The number of piperazine rings is 1. The Balaban J connectivity index is 1.45. The Kier molecular flexibility index (Phi) is 7.45. The third-order valence-electron chi connectivity index (χ3n) is 7.93. The van der Waals surface area contributed by atoms with Crippen molar-refractivity contribution in [1.29, 1.82) is 0 Å². The number of carbonyl (C=O) groups excluding carboxylic acids is 1. The number of nitrogens with zero attached hydrogens (tertiary/aromatic N) is 4. The highest BCUT2D eigenvalue weighted by Gasteiger charge is 2.42. The Bertz CT molecular complexity index is 1040. The average Bonchev–Trinajstić information content (AvgIpc) is 2.82. The number of anilines is 1. The van der Waals surface area contributed by atoms with Gasteiger partial charge in [-0.1, -0.05) is 13.8 Å². The Morgan fingerprint density at radius 3 is 2.39 bits per heavy atom. The third kappa shape index (κ3) is 5.91. The molecular formula is C26H39F2N7O. The molecule has 0 atom stereocenters. The van der Waals surface area contributed by atoms with Gasteiger partial charge in [-0.25, -0.2) is 8.78 Å². The smallest absolute Gasteiger partial charge is 0.240 e. The fourth-order valence-corrected chi connectivity index (χ4v) is 5.42. The van der Waals surface area contributed by atoms with Crippen LogP contribution in [0.15, 0.2) is 29.0 Å². The Hall–Kier alpha value is -2.88. The van der Waals surface area contributed by atoms with E-state index in [4.69, 9.17) is 11.5 Å². The minimum atomic E-state index is -0.529. The second-order valence-electron chi connectivity index (χ2n) is 11.2. The van der Waals surface area contributed by atoms with Crippen molar-refractivity contribution < 1.29 is 13.6 Å². The summed E-state index contributed by atoms with van der Waals surface area (Å²) in [6, 6.07) is 2.56. The fraction of sp³-hybridized carbons (Fsp3) is 0.615. The van der Waals surface area contributed by atoms with E-state index in [1.165, 1.54) is 12.1 Å². The molecule has 3 heterocycles. The summed E-state index contributed by atoms with van der Waals surface area (Å²) in [4.78, 5) is 22.4. The van der Waals surface area contributed by atoms with E-state index >= 15 is 8.78 Å². The number of nitrogens with two attached hydrogens (primary N) is 2. The number of amidine groups is 1. The first-order valence-electron chi connectivity index (χ1n) is 12.7. The minimum absolute atomic E-state index is 0.00603. The van der Waals surface area contributed by atoms with E-state index < -0.39 is 17.2 Å². The van der Waals surface area contributed by atoms with Gasteiger partial charge in [0.25, 0.3) is 0 Å². The van der Waals surface area contributed by atoms with E-state index in [2.05, 4.69) is 29.1 Å². The van der Waals surface area contributed by atoms with Crippen molar-refractivity contribution in [3.8, 4) is 0 Å². The van der Waals surface area contributed by atoms with Crippen molar-refractivity contribution in [2.45, 2.75) is 51.6 Å². The van der Waals surface area contributed by atoms with Crippen molar-refractivity contribution in [2.75, 3.05) is 51.2 Å². The van der Waals surface area contributed by atoms with Gasteiger partial charge in [0.05, 0.1) is 17.8 Å². The molecule has 3 fully saturated rings. The lowest BCUT2D eigenvalue weighted by molar-refractivity contribution is -0.123. The minimum Gasteiger partial charge on any atom is -0.385 e. The van der Waals surface area contributed by atoms with Crippen LogP contribution in [-0.2, 0) is 11.3 Å². The van der Waals surface area contributed by atoms with Crippen LogP contribution in [-0.4, -0.2) is 73.4 Å². The van der Waals surface area contributed by atoms with E-state index in [0.29, 0.717) is 61.7 Å². The maximum absolute atomic E-state index is 15.3. The van der Waals surface area contributed by atoms with Gasteiger partial charge in [0.15, 0.2) is 0 Å². The molecule has 1 spiro atoms. The standard InChI is InChI=1S/C26H39F2N7O/c1-25(2)4-8-33(9-5-25)15-18-12-20(28)21(13-19(18)27)35-16-24(36)32-26(17-35)6-10-34(11-7-26)23(30)14-22(29)31-3/h12-14H,4-11,15-17,30H2,1-3H3,(H2,29,31)(H,32,36). The molecule has 1 aromatic rings. The number of nitrogens with one attached hydrogen (secondary N) is 1. The number of hydrogen-bond donors (Lipinski definition) is 3. The van der Waals surface area contributed by atoms with E-state index in [1.807, 2.05) is 4.90 Å². The molecular weight excluding hydrogens is 464 g/mol. The molecule has 10 heteroatoms. The van der Waals surface area contributed by atoms with Crippen molar-refractivity contribution in [2.24, 2.45) is 21.9 Å². The molecule has 0 aliphatic carbocycles. The molecule has 3 aliphatic heterocycles. The van der Waals surface area contributed by atoms with Crippen LogP contribution in [0.25, 0.3) is 0 Å². The largest absolute Gasteiger partial charge is 0.385 e. The van der Waals surface area contributed by atoms with Crippen LogP contribution in [0.5, 0.6) is 0 Å². The summed E-state index contributed by atoms with van der Waals surface area (Å²) in [5.41, 5.74) is 12.2. The highest BCUT2D eigenvalue weighted by atomic mass is 19.1. The van der Waals surface area contributed by atoms with Crippen LogP contribution < -0.4 is 21.7 Å². The molecule has 0 unspecified atom stereocenters. The zero-order valence-electron chi connectivity index (χ0n) is 21.6. The molecule has 3 aliphatic rings. The van der Waals surface area contributed by atoms with Gasteiger partial charge in [0, 0.05) is 50.9 Å². The van der Waals surface area contributed by atoms with Crippen LogP contribution in [0.1, 0.15) is 45.1 Å². The van der Waals surface area contributed by atoms with Gasteiger partial charge in [0.1, 0.15) is 23.3 Å². The predicted octanol–water partition coefficient (Wildman–Crippen LogP) is 2.14. The van der Waals surface area contributed by atoms with Gasteiger partial charge in [-0.15, -0.1) is 0 Å². The summed E-state index contributed by atoms with van der Waals surface area (Å²) >= 11 is 0. The molecule has 36 heavy (non-hydrogen) atoms. The maximum Gasteiger partial charge on any atom is 0.240 e. The van der Waals surface area contributed by atoms with Crippen LogP contribution >= 0.6 is 0 Å². The summed E-state index contributed by atoms with van der Waals surface area (Å²) < 4.78 is 30.4. The van der Waals surface area contributed by atoms with Crippen molar-refractivity contribution in [3.63, 3.8) is 0 Å². The van der Waals surface area contributed by atoms with Crippen LogP contribution in [0.4, 0.5) is 14.5 Å². The Labute approximate surface area is 212 Å². The quantitative estimate of drug-likeness (QED) is 0.420. The summed E-state index contributed by atoms with van der Waals surface area (Å²) in [5, 5.41) is 3.11. The molecule has 1 aromatic carbocycles. The first kappa shape index (κ1) is 26.2. The monoisotopic (exact) mass is 503 g/mol. The van der Waals surface area contributed by atoms with Crippen LogP contribution in [0.3, 0.4) is 0 Å². The van der Waals surface area contributed by atoms with E-state index in [1.54, 1.807) is 18.0 Å². The molecule has 1 amide bonds. The van der Waals surface area contributed by atoms with Gasteiger partial charge in [0.2, 0.25) is 5.91 Å². The Morgan fingerprint density at radius 2 is 1.75 bits per heavy atom. The van der Waals surface area contributed by atoms with Gasteiger partial charge >= 0.3 is 0 Å². The third-order valence-corrected chi connectivity index (χ3v) is 7.93. The predicted molar refractivity (Wildman–Crippen MR) is 138 cm³/mol. The molecule has 5 N–H and O–H groups in total. The molecule has 0 bridgehead atoms. The Morgan fingerprint density at radius 1 is 1.08 bits per heavy atom. The number of aliphatic imine (C=N–C) groups is 1. The summed E-state index contributed by atoms with van der Waals surface area (Å²) in [6.07, 6.45) is 4.95. The molecule has 4 rings (SSSR count). The number of rotatable bonds is 5. The number of carbonyl (C=O) groups is 1. The molecule has 198 valence electrons. The molecule has 0 aromatic heterocycles. The van der Waals surface area contributed by atoms with E-state index in [9.17, 15) is 4.79 Å². The molecule has 0 saturated carbocycles. The van der Waals surface area contributed by atoms with Crippen LogP contribution in [0.2, 0.25) is 0 Å². The first-order chi connectivity index (χ1) is 17.0. The van der Waals surface area contributed by atoms with Crippen molar-refractivity contribution in [3.05, 3.63) is 41.2 Å². The van der Waals surface area contributed by atoms with E-state index in [0.717, 1.165) is 25.9 Å². The van der Waals surface area contributed by atoms with Crippen molar-refractivity contribution >= 4 is 17.4 Å². The van der Waals surface area contributed by atoms with E-state index in [-0.39, 0.29) is 18.1 Å². The number of likely N-dealkylation sites (tertiary alicyclic amines) is 2. The highest BCUT2D eigenvalue weighted by molar-refractivity contribution is 5.91. The molecule has 8 nitrogen and oxygen atoms in total. The van der Waals surface area contributed by atoms with Gasteiger partial charge in [-0.2, -0.15) is 0 Å². The summed E-state index contributed by atoms with van der Waals surface area (Å²) in [6.45, 7) is 8.24. The zero-order valence-corrected chi connectivity index (χ0v) is 21.6. The molecule has 0 radical (unpaired) electrons. The molecule has 3 saturated heterocycles. The normalized spacial score (nSPS) is 23.2. The second kappa shape index (κ2) is 10.2. The lowest BCUT2D eigenvalue weighted by Crippen LogP contribution is -2.66. The first-order valence-corrected chi connectivity index (χ1v) is 12.7. The number of halogens is 2. The summed E-state index contributed by atoms with van der Waals surface area (Å²) in [5.74, 6) is -0.255. The van der Waals surface area contributed by atoms with Gasteiger partial charge in [-0.05, 0) is 50.3 Å². The second-order valence-corrected chi connectivity index (χ2v) is 11.2. The lowest BCUT2D eigenvalue weighted by Gasteiger charge is -2.48. The number of piperidine rings is 2. The zero-order chi connectivity index (χ0) is 26.1.